The Morgan fingerprint density at radius 3 is 1.92 bits per heavy atom. The summed E-state index contributed by atoms with van der Waals surface area (Å²) in [6.45, 7) is 2.71. The number of amides is 2. The highest BCUT2D eigenvalue weighted by Crippen LogP contribution is 2.13. The van der Waals surface area contributed by atoms with Crippen molar-refractivity contribution in [3.05, 3.63) is 0 Å². The number of piperazine rings is 1. The molecule has 1 atom stereocenters. The second-order valence-electron chi connectivity index (χ2n) is 4.57. The minimum atomic E-state index is -5.08. The fourth-order valence-corrected chi connectivity index (χ4v) is 1.62. The average Bonchev–Trinajstić information content (AvgIpc) is 2.53. The molecule has 1 aliphatic rings. The van der Waals surface area contributed by atoms with Crippen LogP contribution in [0.4, 0.5) is 22.4 Å². The molecular weight excluding hydrogens is 342 g/mol. The molecule has 0 unspecified atom stereocenters. The summed E-state index contributed by atoms with van der Waals surface area (Å²) in [5, 5.41) is 7.12. The molecule has 0 aliphatic carbocycles. The molecular formula is C12H19F4N3O5. The van der Waals surface area contributed by atoms with Crippen molar-refractivity contribution in [2.24, 2.45) is 5.73 Å². The molecule has 0 spiro atoms. The van der Waals surface area contributed by atoms with Gasteiger partial charge in [0, 0.05) is 26.2 Å². The van der Waals surface area contributed by atoms with Crippen LogP contribution in [0.25, 0.3) is 0 Å². The van der Waals surface area contributed by atoms with Crippen LogP contribution < -0.4 is 5.73 Å². The average molecular weight is 361 g/mol. The number of ether oxygens (including phenoxy) is 1. The third-order valence-corrected chi connectivity index (χ3v) is 2.84. The summed E-state index contributed by atoms with van der Waals surface area (Å²) < 4.78 is 48.8. The summed E-state index contributed by atoms with van der Waals surface area (Å²) in [7, 11) is 0. The van der Waals surface area contributed by atoms with Crippen molar-refractivity contribution >= 4 is 18.0 Å². The van der Waals surface area contributed by atoms with Gasteiger partial charge in [0.05, 0.1) is 6.61 Å². The molecule has 8 nitrogen and oxygen atoms in total. The Kier molecular flexibility index (Phi) is 9.03. The predicted octanol–water partition coefficient (Wildman–Crippen LogP) is 0.217. The first-order valence-electron chi connectivity index (χ1n) is 6.86. The molecule has 0 aromatic rings. The van der Waals surface area contributed by atoms with E-state index in [0.29, 0.717) is 32.8 Å². The molecule has 140 valence electrons. The maximum Gasteiger partial charge on any atom is 0.490 e. The Labute approximate surface area is 135 Å². The number of hydrogen-bond donors (Lipinski definition) is 2. The van der Waals surface area contributed by atoms with Crippen molar-refractivity contribution in [3.8, 4) is 0 Å². The molecule has 12 heteroatoms. The van der Waals surface area contributed by atoms with Gasteiger partial charge in [0.1, 0.15) is 12.7 Å². The molecule has 1 fully saturated rings. The maximum atomic E-state index is 12.2. The number of carbonyl (C=O) groups is 3. The van der Waals surface area contributed by atoms with Gasteiger partial charge >= 0.3 is 18.2 Å². The van der Waals surface area contributed by atoms with E-state index < -0.39 is 30.8 Å². The quantitative estimate of drug-likeness (QED) is 0.695. The van der Waals surface area contributed by atoms with Crippen LogP contribution in [-0.4, -0.2) is 84.6 Å². The van der Waals surface area contributed by atoms with Crippen molar-refractivity contribution in [2.45, 2.75) is 19.1 Å². The predicted molar refractivity (Wildman–Crippen MR) is 72.8 cm³/mol. The number of nitrogens with two attached hydrogens (primary N) is 1. The Morgan fingerprint density at radius 2 is 1.58 bits per heavy atom. The summed E-state index contributed by atoms with van der Waals surface area (Å²) >= 11 is 0. The topological polar surface area (TPSA) is 113 Å². The molecule has 24 heavy (non-hydrogen) atoms. The lowest BCUT2D eigenvalue weighted by atomic mass is 10.2. The molecule has 3 N–H and O–H groups in total. The SMILES string of the molecule is CCOC(=O)N1CCN(C(=O)[C@@H](N)CF)CC1.O=C(O)C(F)(F)F. The van der Waals surface area contributed by atoms with Crippen molar-refractivity contribution < 1.29 is 41.8 Å². The second-order valence-corrected chi connectivity index (χ2v) is 4.57. The van der Waals surface area contributed by atoms with Crippen molar-refractivity contribution in [1.29, 1.82) is 0 Å². The van der Waals surface area contributed by atoms with Crippen LogP contribution in [0, 0.1) is 0 Å². The van der Waals surface area contributed by atoms with Gasteiger partial charge in [-0.2, -0.15) is 13.2 Å². The van der Waals surface area contributed by atoms with E-state index in [4.69, 9.17) is 20.4 Å². The molecule has 1 heterocycles. The number of alkyl halides is 4. The van der Waals surface area contributed by atoms with Gasteiger partial charge in [-0.25, -0.2) is 14.0 Å². The summed E-state index contributed by atoms with van der Waals surface area (Å²) in [6, 6.07) is -1.09. The second kappa shape index (κ2) is 9.90. The van der Waals surface area contributed by atoms with Crippen molar-refractivity contribution in [3.63, 3.8) is 0 Å². The van der Waals surface area contributed by atoms with Crippen molar-refractivity contribution in [2.75, 3.05) is 39.5 Å². The zero-order valence-corrected chi connectivity index (χ0v) is 12.9. The fourth-order valence-electron chi connectivity index (χ4n) is 1.62. The third kappa shape index (κ3) is 7.44. The first-order valence-corrected chi connectivity index (χ1v) is 6.86. The molecule has 0 radical (unpaired) electrons. The number of nitrogens with zero attached hydrogens (tertiary/aromatic N) is 2. The van der Waals surface area contributed by atoms with E-state index in [1.165, 1.54) is 9.80 Å². The van der Waals surface area contributed by atoms with E-state index in [1.807, 2.05) is 0 Å². The van der Waals surface area contributed by atoms with Crippen molar-refractivity contribution in [1.82, 2.24) is 9.80 Å². The third-order valence-electron chi connectivity index (χ3n) is 2.84. The Morgan fingerprint density at radius 1 is 1.17 bits per heavy atom. The molecule has 0 aromatic carbocycles. The Bertz CT molecular complexity index is 439. The van der Waals surface area contributed by atoms with Gasteiger partial charge in [-0.1, -0.05) is 0 Å². The van der Waals surface area contributed by atoms with E-state index in [-0.39, 0.29) is 6.09 Å². The summed E-state index contributed by atoms with van der Waals surface area (Å²) in [6.07, 6.45) is -5.46. The van der Waals surface area contributed by atoms with E-state index in [0.717, 1.165) is 0 Å². The Hall–Kier alpha value is -2.11. The lowest BCUT2D eigenvalue weighted by molar-refractivity contribution is -0.192. The van der Waals surface area contributed by atoms with Crippen LogP contribution in [0.1, 0.15) is 6.92 Å². The van der Waals surface area contributed by atoms with E-state index >= 15 is 0 Å². The molecule has 0 bridgehead atoms. The van der Waals surface area contributed by atoms with E-state index in [2.05, 4.69) is 0 Å². The van der Waals surface area contributed by atoms with Crippen LogP contribution in [0.15, 0.2) is 0 Å². The van der Waals surface area contributed by atoms with Crippen LogP contribution in [0.3, 0.4) is 0 Å². The Balaban J connectivity index is 0.000000640. The van der Waals surface area contributed by atoms with Crippen LogP contribution in [0.2, 0.25) is 0 Å². The summed E-state index contributed by atoms with van der Waals surface area (Å²) in [5.74, 6) is -3.16. The van der Waals surface area contributed by atoms with E-state index in [1.54, 1.807) is 6.92 Å². The largest absolute Gasteiger partial charge is 0.490 e. The number of rotatable bonds is 3. The molecule has 1 aliphatic heterocycles. The number of carboxylic acids is 1. The van der Waals surface area contributed by atoms with Gasteiger partial charge in [0.25, 0.3) is 0 Å². The molecule has 0 saturated carbocycles. The minimum absolute atomic E-state index is 0.324. The maximum absolute atomic E-state index is 12.2. The van der Waals surface area contributed by atoms with Crippen LogP contribution in [0.5, 0.6) is 0 Å². The lowest BCUT2D eigenvalue weighted by Crippen LogP contribution is -2.54. The summed E-state index contributed by atoms with van der Waals surface area (Å²) in [5.41, 5.74) is 5.32. The zero-order chi connectivity index (χ0) is 18.9. The highest BCUT2D eigenvalue weighted by Gasteiger charge is 2.38. The molecule has 1 saturated heterocycles. The smallest absolute Gasteiger partial charge is 0.475 e. The van der Waals surface area contributed by atoms with Crippen LogP contribution in [-0.2, 0) is 14.3 Å². The monoisotopic (exact) mass is 361 g/mol. The van der Waals surface area contributed by atoms with Gasteiger partial charge < -0.3 is 25.4 Å². The number of hydrogen-bond acceptors (Lipinski definition) is 5. The van der Waals surface area contributed by atoms with Gasteiger partial charge in [-0.15, -0.1) is 0 Å². The highest BCUT2D eigenvalue weighted by atomic mass is 19.4. The number of carboxylic acid groups (broad SMARTS) is 1. The normalized spacial score (nSPS) is 15.9. The number of carbonyl (C=O) groups excluding carboxylic acids is 2. The van der Waals surface area contributed by atoms with Gasteiger partial charge in [0.15, 0.2) is 0 Å². The molecule has 1 rings (SSSR count). The van der Waals surface area contributed by atoms with E-state index in [9.17, 15) is 27.2 Å². The first kappa shape index (κ1) is 21.9. The molecule has 0 aromatic heterocycles. The number of halogens is 4. The summed E-state index contributed by atoms with van der Waals surface area (Å²) in [4.78, 5) is 34.8. The van der Waals surface area contributed by atoms with Gasteiger partial charge in [-0.05, 0) is 6.92 Å². The van der Waals surface area contributed by atoms with Gasteiger partial charge in [-0.3, -0.25) is 4.79 Å². The zero-order valence-electron chi connectivity index (χ0n) is 12.9. The molecule has 2 amide bonds. The first-order chi connectivity index (χ1) is 11.0. The minimum Gasteiger partial charge on any atom is -0.475 e. The highest BCUT2D eigenvalue weighted by molar-refractivity contribution is 5.82. The van der Waals surface area contributed by atoms with Gasteiger partial charge in [0.2, 0.25) is 5.91 Å². The lowest BCUT2D eigenvalue weighted by Gasteiger charge is -2.34. The standard InChI is InChI=1S/C10H18FN3O3.C2HF3O2/c1-2-17-10(16)14-5-3-13(4-6-14)9(15)8(12)7-11;3-2(4,5)1(6)7/h8H,2-7,12H2,1H3;(H,6,7)/t8-;/m0./s1. The fraction of sp³-hybridized carbons (Fsp3) is 0.750. The van der Waals surface area contributed by atoms with Crippen LogP contribution >= 0.6 is 0 Å². The number of aliphatic carboxylic acids is 1.